The Kier molecular flexibility index (Phi) is 4.23. The molecule has 1 aromatic rings. The van der Waals surface area contributed by atoms with Crippen molar-refractivity contribution in [3.8, 4) is 0 Å². The lowest BCUT2D eigenvalue weighted by molar-refractivity contribution is -0.716. The van der Waals surface area contributed by atoms with Crippen LogP contribution in [0.1, 0.15) is 58.2 Å². The summed E-state index contributed by atoms with van der Waals surface area (Å²) < 4.78 is 7.51. The standard InChI is InChI=1S/C16H24NO2/c1-4-5-10-19-15(18)11-13-12-16(2,3)14-8-6-7-9-17(13)14/h6-9,13H,4-5,10-12H2,1-3H3/q+1. The Morgan fingerprint density at radius 2 is 2.26 bits per heavy atom. The van der Waals surface area contributed by atoms with Crippen LogP contribution >= 0.6 is 0 Å². The van der Waals surface area contributed by atoms with Crippen LogP contribution in [0.4, 0.5) is 0 Å². The quantitative estimate of drug-likeness (QED) is 0.464. The number of rotatable bonds is 5. The molecule has 1 atom stereocenters. The highest BCUT2D eigenvalue weighted by molar-refractivity contribution is 5.69. The minimum Gasteiger partial charge on any atom is -0.465 e. The van der Waals surface area contributed by atoms with Crippen LogP contribution in [0.3, 0.4) is 0 Å². The molecule has 1 aliphatic rings. The molecule has 0 saturated heterocycles. The fourth-order valence-electron chi connectivity index (χ4n) is 2.89. The van der Waals surface area contributed by atoms with E-state index in [2.05, 4.69) is 43.7 Å². The van der Waals surface area contributed by atoms with Gasteiger partial charge >= 0.3 is 5.97 Å². The van der Waals surface area contributed by atoms with E-state index in [0.29, 0.717) is 13.0 Å². The van der Waals surface area contributed by atoms with Crippen molar-refractivity contribution >= 4 is 5.97 Å². The van der Waals surface area contributed by atoms with Gasteiger partial charge in [-0.3, -0.25) is 4.79 Å². The van der Waals surface area contributed by atoms with Gasteiger partial charge in [-0.1, -0.05) is 19.4 Å². The lowest BCUT2D eigenvalue weighted by Gasteiger charge is -2.11. The van der Waals surface area contributed by atoms with Crippen LogP contribution in [-0.2, 0) is 14.9 Å². The molecular formula is C16H24NO2+. The molecule has 3 heteroatoms. The summed E-state index contributed by atoms with van der Waals surface area (Å²) in [5.74, 6) is -0.0709. The zero-order valence-electron chi connectivity index (χ0n) is 12.2. The highest BCUT2D eigenvalue weighted by atomic mass is 16.5. The molecule has 0 aliphatic carbocycles. The monoisotopic (exact) mass is 262 g/mol. The van der Waals surface area contributed by atoms with Crippen LogP contribution in [0.5, 0.6) is 0 Å². The number of carbonyl (C=O) groups is 1. The van der Waals surface area contributed by atoms with E-state index < -0.39 is 0 Å². The summed E-state index contributed by atoms with van der Waals surface area (Å²) in [4.78, 5) is 11.9. The number of esters is 1. The molecule has 0 radical (unpaired) electrons. The maximum Gasteiger partial charge on any atom is 0.312 e. The Bertz CT molecular complexity index is 454. The molecule has 0 aromatic carbocycles. The van der Waals surface area contributed by atoms with Crippen LogP contribution in [0.2, 0.25) is 0 Å². The third-order valence-electron chi connectivity index (χ3n) is 3.89. The summed E-state index contributed by atoms with van der Waals surface area (Å²) >= 11 is 0. The van der Waals surface area contributed by atoms with Gasteiger partial charge in [0.15, 0.2) is 17.9 Å². The van der Waals surface area contributed by atoms with Crippen molar-refractivity contribution in [2.24, 2.45) is 0 Å². The summed E-state index contributed by atoms with van der Waals surface area (Å²) in [5.41, 5.74) is 1.44. The van der Waals surface area contributed by atoms with Crippen molar-refractivity contribution in [2.75, 3.05) is 6.61 Å². The van der Waals surface area contributed by atoms with E-state index in [9.17, 15) is 4.79 Å². The van der Waals surface area contributed by atoms with Crippen molar-refractivity contribution in [3.63, 3.8) is 0 Å². The molecule has 0 fully saturated rings. The lowest BCUT2D eigenvalue weighted by atomic mass is 9.86. The van der Waals surface area contributed by atoms with E-state index in [-0.39, 0.29) is 17.4 Å². The molecule has 1 unspecified atom stereocenters. The lowest BCUT2D eigenvalue weighted by Crippen LogP contribution is -2.39. The molecule has 0 N–H and O–H groups in total. The van der Waals surface area contributed by atoms with Gasteiger partial charge in [-0.05, 0) is 20.3 Å². The highest BCUT2D eigenvalue weighted by Gasteiger charge is 2.44. The van der Waals surface area contributed by atoms with Crippen LogP contribution in [0, 0.1) is 0 Å². The first-order valence-corrected chi connectivity index (χ1v) is 7.21. The van der Waals surface area contributed by atoms with Crippen molar-refractivity contribution in [2.45, 2.75) is 57.9 Å². The Morgan fingerprint density at radius 1 is 1.47 bits per heavy atom. The molecular weight excluding hydrogens is 238 g/mol. The van der Waals surface area contributed by atoms with Gasteiger partial charge in [0.25, 0.3) is 0 Å². The number of ether oxygens (including phenoxy) is 1. The Morgan fingerprint density at radius 3 is 3.00 bits per heavy atom. The molecule has 1 aromatic heterocycles. The van der Waals surface area contributed by atoms with Gasteiger partial charge in [-0.2, -0.15) is 4.57 Å². The van der Waals surface area contributed by atoms with E-state index in [4.69, 9.17) is 4.74 Å². The molecule has 19 heavy (non-hydrogen) atoms. The molecule has 2 heterocycles. The van der Waals surface area contributed by atoms with Crippen LogP contribution < -0.4 is 4.57 Å². The minimum absolute atomic E-state index is 0.0709. The van der Waals surface area contributed by atoms with Gasteiger partial charge in [0.2, 0.25) is 0 Å². The zero-order valence-corrected chi connectivity index (χ0v) is 12.2. The number of pyridine rings is 1. The van der Waals surface area contributed by atoms with E-state index in [1.807, 2.05) is 6.07 Å². The van der Waals surface area contributed by atoms with Gasteiger partial charge in [0.1, 0.15) is 6.42 Å². The van der Waals surface area contributed by atoms with Gasteiger partial charge in [0, 0.05) is 18.6 Å². The topological polar surface area (TPSA) is 30.2 Å². The summed E-state index contributed by atoms with van der Waals surface area (Å²) in [7, 11) is 0. The maximum atomic E-state index is 11.9. The van der Waals surface area contributed by atoms with Crippen molar-refractivity contribution in [1.29, 1.82) is 0 Å². The summed E-state index contributed by atoms with van der Waals surface area (Å²) in [6.45, 7) is 7.12. The van der Waals surface area contributed by atoms with Crippen LogP contribution in [0.15, 0.2) is 24.4 Å². The number of fused-ring (bicyclic) bond motifs is 1. The van der Waals surface area contributed by atoms with Crippen LogP contribution in [-0.4, -0.2) is 12.6 Å². The highest BCUT2D eigenvalue weighted by Crippen LogP contribution is 2.36. The molecule has 0 amide bonds. The van der Waals surface area contributed by atoms with Gasteiger partial charge < -0.3 is 4.74 Å². The second kappa shape index (κ2) is 5.72. The summed E-state index contributed by atoms with van der Waals surface area (Å²) in [5, 5.41) is 0. The van der Waals surface area contributed by atoms with Crippen molar-refractivity contribution < 1.29 is 14.1 Å². The SMILES string of the molecule is CCCCOC(=O)CC1CC(C)(C)c2cccc[n+]21. The fourth-order valence-corrected chi connectivity index (χ4v) is 2.89. The first-order valence-electron chi connectivity index (χ1n) is 7.21. The number of nitrogens with zero attached hydrogens (tertiary/aromatic N) is 1. The minimum atomic E-state index is -0.0709. The molecule has 0 bridgehead atoms. The molecule has 0 spiro atoms. The van der Waals surface area contributed by atoms with E-state index in [0.717, 1.165) is 19.3 Å². The second-order valence-corrected chi connectivity index (χ2v) is 6.01. The van der Waals surface area contributed by atoms with E-state index in [1.54, 1.807) is 0 Å². The number of unbranched alkanes of at least 4 members (excludes halogenated alkanes) is 1. The third kappa shape index (κ3) is 3.14. The number of aromatic nitrogens is 1. The van der Waals surface area contributed by atoms with Gasteiger partial charge in [0.05, 0.1) is 12.0 Å². The third-order valence-corrected chi connectivity index (χ3v) is 3.89. The molecule has 104 valence electrons. The number of hydrogen-bond donors (Lipinski definition) is 0. The predicted molar refractivity (Wildman–Crippen MR) is 73.8 cm³/mol. The Labute approximate surface area is 115 Å². The van der Waals surface area contributed by atoms with Gasteiger partial charge in [-0.15, -0.1) is 0 Å². The average Bonchev–Trinajstić information content (AvgIpc) is 2.62. The van der Waals surface area contributed by atoms with Crippen molar-refractivity contribution in [3.05, 3.63) is 30.1 Å². The van der Waals surface area contributed by atoms with Crippen LogP contribution in [0.25, 0.3) is 0 Å². The number of hydrogen-bond acceptors (Lipinski definition) is 2. The summed E-state index contributed by atoms with van der Waals surface area (Å²) in [6, 6.07) is 6.48. The molecule has 0 saturated carbocycles. The first-order chi connectivity index (χ1) is 9.04. The normalized spacial score (nSPS) is 20.1. The Hall–Kier alpha value is -1.38. The molecule has 1 aliphatic heterocycles. The molecule has 2 rings (SSSR count). The number of carbonyl (C=O) groups excluding carboxylic acids is 1. The summed E-state index contributed by atoms with van der Waals surface area (Å²) in [6.07, 6.45) is 5.57. The fraction of sp³-hybridized carbons (Fsp3) is 0.625. The first kappa shape index (κ1) is 14.0. The van der Waals surface area contributed by atoms with Crippen molar-refractivity contribution in [1.82, 2.24) is 0 Å². The van der Waals surface area contributed by atoms with Gasteiger partial charge in [-0.25, -0.2) is 0 Å². The molecule has 3 nitrogen and oxygen atoms in total. The smallest absolute Gasteiger partial charge is 0.312 e. The zero-order chi connectivity index (χ0) is 13.9. The predicted octanol–water partition coefficient (Wildman–Crippen LogP) is 2.93. The Balaban J connectivity index is 2.01. The van der Waals surface area contributed by atoms with E-state index >= 15 is 0 Å². The van der Waals surface area contributed by atoms with E-state index in [1.165, 1.54) is 5.69 Å². The second-order valence-electron chi connectivity index (χ2n) is 6.01. The average molecular weight is 262 g/mol. The maximum absolute atomic E-state index is 11.9. The largest absolute Gasteiger partial charge is 0.465 e.